The molecule has 0 aliphatic carbocycles. The van der Waals surface area contributed by atoms with Crippen LogP contribution < -0.4 is 9.47 Å². The van der Waals surface area contributed by atoms with Crippen molar-refractivity contribution in [2.45, 2.75) is 18.5 Å². The van der Waals surface area contributed by atoms with Gasteiger partial charge in [-0.1, -0.05) is 24.3 Å². The third kappa shape index (κ3) is 2.80. The molecule has 3 aromatic rings. The lowest BCUT2D eigenvalue weighted by atomic mass is 9.86. The van der Waals surface area contributed by atoms with Gasteiger partial charge in [0.1, 0.15) is 11.9 Å². The predicted octanol–water partition coefficient (Wildman–Crippen LogP) is 2.56. The van der Waals surface area contributed by atoms with Crippen molar-refractivity contribution in [3.63, 3.8) is 0 Å². The number of carbonyl (C=O) groups excluding carboxylic acids is 3. The lowest BCUT2D eigenvalue weighted by molar-refractivity contribution is -0.157. The third-order valence-corrected chi connectivity index (χ3v) is 6.92. The number of fused-ring (bicyclic) bond motifs is 5. The Morgan fingerprint density at radius 3 is 2.73 bits per heavy atom. The Labute approximate surface area is 194 Å². The van der Waals surface area contributed by atoms with Crippen molar-refractivity contribution >= 4 is 40.2 Å². The second-order valence-electron chi connectivity index (χ2n) is 8.47. The number of para-hydroxylation sites is 1. The fourth-order valence-corrected chi connectivity index (χ4v) is 5.42. The molecule has 1 saturated heterocycles. The third-order valence-electron chi connectivity index (χ3n) is 6.69. The maximum atomic E-state index is 13.3. The van der Waals surface area contributed by atoms with E-state index in [0.29, 0.717) is 29.1 Å². The number of hydrogen-bond acceptors (Lipinski definition) is 5. The van der Waals surface area contributed by atoms with Gasteiger partial charge in [0.2, 0.25) is 24.5 Å². The van der Waals surface area contributed by atoms with E-state index in [4.69, 9.17) is 21.1 Å². The number of carbonyl (C=O) groups is 3. The van der Waals surface area contributed by atoms with Crippen LogP contribution in [0.3, 0.4) is 0 Å². The van der Waals surface area contributed by atoms with Gasteiger partial charge < -0.3 is 19.3 Å². The fraction of sp³-hybridized carbons (Fsp3) is 0.292. The van der Waals surface area contributed by atoms with Crippen molar-refractivity contribution in [3.05, 3.63) is 59.3 Å². The number of amides is 2. The van der Waals surface area contributed by atoms with Crippen molar-refractivity contribution in [1.82, 2.24) is 14.4 Å². The molecule has 168 valence electrons. The van der Waals surface area contributed by atoms with Crippen molar-refractivity contribution < 1.29 is 23.9 Å². The van der Waals surface area contributed by atoms with E-state index in [1.165, 1.54) is 4.90 Å². The number of hydrogen-bond donors (Lipinski definition) is 0. The first-order valence-electron chi connectivity index (χ1n) is 10.7. The zero-order valence-corrected chi connectivity index (χ0v) is 18.5. The molecule has 3 aliphatic heterocycles. The summed E-state index contributed by atoms with van der Waals surface area (Å²) in [7, 11) is 1.64. The standard InChI is InChI=1S/C24H20ClN3O5/c1-26-11-21(30)28-17(24(26)31)9-15-14-4-2-3-5-16(14)27(20(29)10-25)23(15)22(28)13-6-7-18-19(8-13)33-12-32-18/h2-8,17,22H,9-12H2,1H3/t17?,22-/m1/s1. The minimum Gasteiger partial charge on any atom is -0.454 e. The molecule has 33 heavy (non-hydrogen) atoms. The van der Waals surface area contributed by atoms with Crippen LogP contribution >= 0.6 is 11.6 Å². The molecule has 0 radical (unpaired) electrons. The molecule has 1 aromatic heterocycles. The second kappa shape index (κ2) is 7.25. The summed E-state index contributed by atoms with van der Waals surface area (Å²) in [5.74, 6) is 0.390. The Balaban J connectivity index is 1.67. The highest BCUT2D eigenvalue weighted by Gasteiger charge is 2.49. The molecule has 0 bridgehead atoms. The number of benzene rings is 2. The number of rotatable bonds is 2. The van der Waals surface area contributed by atoms with Crippen molar-refractivity contribution in [2.75, 3.05) is 26.3 Å². The zero-order chi connectivity index (χ0) is 22.9. The molecule has 4 heterocycles. The average Bonchev–Trinajstić information content (AvgIpc) is 3.43. The van der Waals surface area contributed by atoms with Crippen LogP contribution in [0.25, 0.3) is 10.9 Å². The first-order chi connectivity index (χ1) is 16.0. The van der Waals surface area contributed by atoms with Crippen molar-refractivity contribution in [1.29, 1.82) is 0 Å². The first-order valence-corrected chi connectivity index (χ1v) is 11.2. The maximum absolute atomic E-state index is 13.3. The molecular formula is C24H20ClN3O5. The Kier molecular flexibility index (Phi) is 4.42. The molecule has 6 rings (SSSR count). The van der Waals surface area contributed by atoms with Gasteiger partial charge in [-0.15, -0.1) is 11.6 Å². The van der Waals surface area contributed by atoms with Gasteiger partial charge >= 0.3 is 0 Å². The molecule has 8 nitrogen and oxygen atoms in total. The van der Waals surface area contributed by atoms with E-state index < -0.39 is 12.1 Å². The summed E-state index contributed by atoms with van der Waals surface area (Å²) in [6.07, 6.45) is 0.328. The lowest BCUT2D eigenvalue weighted by Crippen LogP contribution is -2.62. The highest BCUT2D eigenvalue weighted by Crippen LogP contribution is 2.46. The summed E-state index contributed by atoms with van der Waals surface area (Å²) in [4.78, 5) is 42.7. The van der Waals surface area contributed by atoms with Gasteiger partial charge in [0.25, 0.3) is 0 Å². The Bertz CT molecular complexity index is 1350. The summed E-state index contributed by atoms with van der Waals surface area (Å²) in [6.45, 7) is 0.101. The normalized spacial score (nSPS) is 21.4. The second-order valence-corrected chi connectivity index (χ2v) is 8.74. The Morgan fingerprint density at radius 2 is 1.91 bits per heavy atom. The van der Waals surface area contributed by atoms with Gasteiger partial charge in [-0.2, -0.15) is 0 Å². The molecule has 3 aliphatic rings. The van der Waals surface area contributed by atoms with Crippen LogP contribution in [-0.4, -0.2) is 64.4 Å². The largest absolute Gasteiger partial charge is 0.454 e. The van der Waals surface area contributed by atoms with Crippen molar-refractivity contribution in [2.24, 2.45) is 0 Å². The Hall–Kier alpha value is -3.52. The predicted molar refractivity (Wildman–Crippen MR) is 120 cm³/mol. The number of aromatic nitrogens is 1. The average molecular weight is 466 g/mol. The molecule has 0 N–H and O–H groups in total. The summed E-state index contributed by atoms with van der Waals surface area (Å²) in [5, 5.41) is 0.879. The summed E-state index contributed by atoms with van der Waals surface area (Å²) >= 11 is 6.02. The monoisotopic (exact) mass is 465 g/mol. The van der Waals surface area contributed by atoms with E-state index in [1.54, 1.807) is 22.6 Å². The number of halogens is 1. The Morgan fingerprint density at radius 1 is 1.12 bits per heavy atom. The van der Waals surface area contributed by atoms with Gasteiger partial charge in [-0.25, -0.2) is 0 Å². The van der Waals surface area contributed by atoms with Crippen LogP contribution in [0.5, 0.6) is 11.5 Å². The first kappa shape index (κ1) is 20.1. The van der Waals surface area contributed by atoms with Crippen LogP contribution in [0.2, 0.25) is 0 Å². The number of ether oxygens (including phenoxy) is 2. The van der Waals surface area contributed by atoms with Gasteiger partial charge in [0.05, 0.1) is 23.8 Å². The minimum atomic E-state index is -0.662. The fourth-order valence-electron chi connectivity index (χ4n) is 5.30. The molecule has 9 heteroatoms. The van der Waals surface area contributed by atoms with E-state index in [9.17, 15) is 14.4 Å². The molecule has 2 atom stereocenters. The van der Waals surface area contributed by atoms with E-state index in [-0.39, 0.29) is 36.9 Å². The van der Waals surface area contributed by atoms with Gasteiger partial charge in [-0.3, -0.25) is 19.0 Å². The molecule has 2 aromatic carbocycles. The SMILES string of the molecule is CN1CC(=O)N2C(Cc3c(n(C(=O)CCl)c4ccccc34)[C@H]2c2ccc3c(c2)OCO3)C1=O. The van der Waals surface area contributed by atoms with Crippen LogP contribution in [-0.2, 0) is 16.0 Å². The summed E-state index contributed by atoms with van der Waals surface area (Å²) in [6, 6.07) is 11.7. The zero-order valence-electron chi connectivity index (χ0n) is 17.8. The lowest BCUT2D eigenvalue weighted by Gasteiger charge is -2.46. The quantitative estimate of drug-likeness (QED) is 0.543. The molecule has 1 fully saturated rings. The molecular weight excluding hydrogens is 446 g/mol. The number of piperazine rings is 1. The number of likely N-dealkylation sites (N-methyl/N-ethyl adjacent to an activating group) is 1. The summed E-state index contributed by atoms with van der Waals surface area (Å²) < 4.78 is 12.6. The van der Waals surface area contributed by atoms with E-state index in [1.807, 2.05) is 36.4 Å². The van der Waals surface area contributed by atoms with Gasteiger partial charge in [0.15, 0.2) is 11.5 Å². The van der Waals surface area contributed by atoms with Crippen LogP contribution in [0.1, 0.15) is 27.7 Å². The van der Waals surface area contributed by atoms with Crippen molar-refractivity contribution in [3.8, 4) is 11.5 Å². The topological polar surface area (TPSA) is 81.1 Å². The van der Waals surface area contributed by atoms with Gasteiger partial charge in [0, 0.05) is 18.9 Å². The number of alkyl halides is 1. The molecule has 2 amide bonds. The minimum absolute atomic E-state index is 0.0185. The van der Waals surface area contributed by atoms with Crippen LogP contribution in [0, 0.1) is 0 Å². The number of nitrogens with zero attached hydrogens (tertiary/aromatic N) is 3. The van der Waals surface area contributed by atoms with Crippen LogP contribution in [0.4, 0.5) is 0 Å². The molecule has 0 saturated carbocycles. The highest BCUT2D eigenvalue weighted by atomic mass is 35.5. The van der Waals surface area contributed by atoms with E-state index in [2.05, 4.69) is 0 Å². The molecule has 1 unspecified atom stereocenters. The molecule has 0 spiro atoms. The summed E-state index contributed by atoms with van der Waals surface area (Å²) in [5.41, 5.74) is 3.00. The van der Waals surface area contributed by atoms with Gasteiger partial charge in [-0.05, 0) is 29.3 Å². The van der Waals surface area contributed by atoms with E-state index in [0.717, 1.165) is 16.5 Å². The highest BCUT2D eigenvalue weighted by molar-refractivity contribution is 6.28. The maximum Gasteiger partial charge on any atom is 0.246 e. The smallest absolute Gasteiger partial charge is 0.246 e. The van der Waals surface area contributed by atoms with E-state index >= 15 is 0 Å². The van der Waals surface area contributed by atoms with Crippen LogP contribution in [0.15, 0.2) is 42.5 Å².